The number of hydrogen-bond donors (Lipinski definition) is 1. The van der Waals surface area contributed by atoms with E-state index in [0.29, 0.717) is 12.0 Å². The van der Waals surface area contributed by atoms with Crippen molar-refractivity contribution in [1.29, 1.82) is 0 Å². The molecule has 0 spiro atoms. The van der Waals surface area contributed by atoms with Crippen molar-refractivity contribution < 1.29 is 4.79 Å². The van der Waals surface area contributed by atoms with Gasteiger partial charge in [-0.15, -0.1) is 0 Å². The number of hydrogen-bond acceptors (Lipinski definition) is 1. The van der Waals surface area contributed by atoms with Crippen molar-refractivity contribution in [3.05, 3.63) is 24.4 Å². The molecule has 1 N–H and O–H groups in total. The van der Waals surface area contributed by atoms with E-state index < -0.39 is 0 Å². The lowest BCUT2D eigenvalue weighted by molar-refractivity contribution is -0.115. The molecular formula is C6H7NO. The van der Waals surface area contributed by atoms with Crippen LogP contribution in [0.2, 0.25) is 0 Å². The fourth-order valence-corrected chi connectivity index (χ4v) is 0.631. The highest BCUT2D eigenvalue weighted by Crippen LogP contribution is 2.12. The molecule has 0 aliphatic carbocycles. The highest BCUT2D eigenvalue weighted by atomic mass is 16.2. The Morgan fingerprint density at radius 1 is 1.50 bits per heavy atom. The third-order valence-electron chi connectivity index (χ3n) is 1.04. The summed E-state index contributed by atoms with van der Waals surface area (Å²) >= 11 is 0. The average molecular weight is 109 g/mol. The summed E-state index contributed by atoms with van der Waals surface area (Å²) in [6.45, 7) is 7.07. The molecular weight excluding hydrogens is 102 g/mol. The van der Waals surface area contributed by atoms with Crippen molar-refractivity contribution in [1.82, 2.24) is 5.32 Å². The van der Waals surface area contributed by atoms with Crippen LogP contribution in [-0.4, -0.2) is 5.91 Å². The maximum Gasteiger partial charge on any atom is 0.251 e. The predicted molar refractivity (Wildman–Crippen MR) is 31.0 cm³/mol. The Morgan fingerprint density at radius 3 is 2.25 bits per heavy atom. The zero-order valence-electron chi connectivity index (χ0n) is 4.53. The molecule has 0 bridgehead atoms. The van der Waals surface area contributed by atoms with Gasteiger partial charge in [-0.25, -0.2) is 0 Å². The summed E-state index contributed by atoms with van der Waals surface area (Å²) in [5.74, 6) is -0.0880. The summed E-state index contributed by atoms with van der Waals surface area (Å²) in [6.07, 6.45) is 0.610. The lowest BCUT2D eigenvalue weighted by Crippen LogP contribution is -2.11. The number of carbonyl (C=O) groups is 1. The quantitative estimate of drug-likeness (QED) is 0.453. The molecule has 0 aromatic rings. The molecule has 0 saturated carbocycles. The van der Waals surface area contributed by atoms with E-state index in [2.05, 4.69) is 18.5 Å². The Balaban J connectivity index is 2.79. The van der Waals surface area contributed by atoms with E-state index in [9.17, 15) is 4.79 Å². The summed E-state index contributed by atoms with van der Waals surface area (Å²) in [5.41, 5.74) is 1.36. The molecule has 0 aromatic carbocycles. The molecule has 42 valence electrons. The van der Waals surface area contributed by atoms with E-state index >= 15 is 0 Å². The molecule has 8 heavy (non-hydrogen) atoms. The molecule has 1 rings (SSSR count). The Hall–Kier alpha value is -1.05. The molecule has 0 atom stereocenters. The first-order valence-corrected chi connectivity index (χ1v) is 2.37. The largest absolute Gasteiger partial charge is 0.326 e. The molecule has 0 radical (unpaired) electrons. The van der Waals surface area contributed by atoms with Crippen LogP contribution in [0.5, 0.6) is 0 Å². The summed E-state index contributed by atoms with van der Waals surface area (Å²) < 4.78 is 0. The predicted octanol–water partition coefficient (Wildman–Crippen LogP) is 0.576. The van der Waals surface area contributed by atoms with Crippen molar-refractivity contribution in [2.24, 2.45) is 0 Å². The number of rotatable bonds is 0. The second-order valence-electron chi connectivity index (χ2n) is 1.84. The fraction of sp³-hybridized carbons (Fsp3) is 0.167. The third kappa shape index (κ3) is 0.644. The standard InChI is InChI=1S/C6H7NO/c1-4-3-5(2)7-6(4)8/h1-3H2,(H,7,8). The molecule has 1 aliphatic heterocycles. The first-order valence-electron chi connectivity index (χ1n) is 2.37. The maximum absolute atomic E-state index is 10.5. The van der Waals surface area contributed by atoms with Gasteiger partial charge in [0.2, 0.25) is 0 Å². The Morgan fingerprint density at radius 2 is 2.12 bits per heavy atom. The van der Waals surface area contributed by atoms with E-state index in [1.807, 2.05) is 0 Å². The van der Waals surface area contributed by atoms with E-state index in [1.54, 1.807) is 0 Å². The Kier molecular flexibility index (Phi) is 0.938. The molecule has 2 nitrogen and oxygen atoms in total. The number of nitrogens with one attached hydrogen (secondary N) is 1. The topological polar surface area (TPSA) is 29.1 Å². The van der Waals surface area contributed by atoms with Gasteiger partial charge in [0.15, 0.2) is 0 Å². The highest BCUT2D eigenvalue weighted by molar-refractivity contribution is 5.97. The van der Waals surface area contributed by atoms with Crippen molar-refractivity contribution in [2.45, 2.75) is 6.42 Å². The molecule has 0 unspecified atom stereocenters. The van der Waals surface area contributed by atoms with Crippen LogP contribution < -0.4 is 5.32 Å². The maximum atomic E-state index is 10.5. The molecule has 1 amide bonds. The third-order valence-corrected chi connectivity index (χ3v) is 1.04. The number of allylic oxidation sites excluding steroid dienone is 1. The number of carbonyl (C=O) groups excluding carboxylic acids is 1. The van der Waals surface area contributed by atoms with Gasteiger partial charge in [-0.1, -0.05) is 13.2 Å². The average Bonchev–Trinajstić information content (AvgIpc) is 1.85. The van der Waals surface area contributed by atoms with Crippen LogP contribution in [-0.2, 0) is 4.79 Å². The Bertz CT molecular complexity index is 151. The van der Waals surface area contributed by atoms with Crippen LogP contribution >= 0.6 is 0 Å². The molecule has 2 heteroatoms. The molecule has 1 fully saturated rings. The SMILES string of the molecule is C=C1CC(=C)C(=O)N1. The van der Waals surface area contributed by atoms with Crippen LogP contribution in [0.1, 0.15) is 6.42 Å². The number of amides is 1. The van der Waals surface area contributed by atoms with E-state index in [4.69, 9.17) is 0 Å². The normalized spacial score (nSPS) is 19.2. The lowest BCUT2D eigenvalue weighted by atomic mass is 10.2. The molecule has 1 aliphatic rings. The van der Waals surface area contributed by atoms with Crippen LogP contribution in [0.4, 0.5) is 0 Å². The van der Waals surface area contributed by atoms with E-state index in [1.165, 1.54) is 0 Å². The van der Waals surface area contributed by atoms with Gasteiger partial charge in [0.25, 0.3) is 5.91 Å². The summed E-state index contributed by atoms with van der Waals surface area (Å²) in [4.78, 5) is 10.5. The van der Waals surface area contributed by atoms with Crippen LogP contribution in [0.25, 0.3) is 0 Å². The highest BCUT2D eigenvalue weighted by Gasteiger charge is 2.15. The van der Waals surface area contributed by atoms with Gasteiger partial charge in [0, 0.05) is 17.7 Å². The summed E-state index contributed by atoms with van der Waals surface area (Å²) in [7, 11) is 0. The van der Waals surface area contributed by atoms with Crippen LogP contribution in [0.3, 0.4) is 0 Å². The van der Waals surface area contributed by atoms with Crippen molar-refractivity contribution in [3.63, 3.8) is 0 Å². The summed E-state index contributed by atoms with van der Waals surface area (Å²) in [5, 5.41) is 2.53. The van der Waals surface area contributed by atoms with Gasteiger partial charge in [-0.3, -0.25) is 4.79 Å². The van der Waals surface area contributed by atoms with Gasteiger partial charge >= 0.3 is 0 Å². The fourth-order valence-electron chi connectivity index (χ4n) is 0.631. The first-order chi connectivity index (χ1) is 3.70. The summed E-state index contributed by atoms with van der Waals surface area (Å²) in [6, 6.07) is 0. The zero-order valence-corrected chi connectivity index (χ0v) is 4.53. The smallest absolute Gasteiger partial charge is 0.251 e. The van der Waals surface area contributed by atoms with E-state index in [0.717, 1.165) is 5.70 Å². The second kappa shape index (κ2) is 1.47. The molecule has 1 saturated heterocycles. The zero-order chi connectivity index (χ0) is 6.15. The Labute approximate surface area is 47.9 Å². The van der Waals surface area contributed by atoms with Crippen LogP contribution in [0.15, 0.2) is 24.4 Å². The minimum Gasteiger partial charge on any atom is -0.326 e. The van der Waals surface area contributed by atoms with Crippen LogP contribution in [0, 0.1) is 0 Å². The minimum atomic E-state index is -0.0880. The van der Waals surface area contributed by atoms with Gasteiger partial charge in [0.1, 0.15) is 0 Å². The van der Waals surface area contributed by atoms with Crippen molar-refractivity contribution in [3.8, 4) is 0 Å². The van der Waals surface area contributed by atoms with Gasteiger partial charge < -0.3 is 5.32 Å². The van der Waals surface area contributed by atoms with E-state index in [-0.39, 0.29) is 5.91 Å². The van der Waals surface area contributed by atoms with Gasteiger partial charge in [-0.2, -0.15) is 0 Å². The minimum absolute atomic E-state index is 0.0880. The molecule has 1 heterocycles. The van der Waals surface area contributed by atoms with Crippen molar-refractivity contribution in [2.75, 3.05) is 0 Å². The van der Waals surface area contributed by atoms with Gasteiger partial charge in [-0.05, 0) is 0 Å². The molecule has 0 aromatic heterocycles. The lowest BCUT2D eigenvalue weighted by Gasteiger charge is -1.85. The second-order valence-corrected chi connectivity index (χ2v) is 1.84. The van der Waals surface area contributed by atoms with Gasteiger partial charge in [0.05, 0.1) is 0 Å². The first kappa shape index (κ1) is 5.09. The van der Waals surface area contributed by atoms with Crippen molar-refractivity contribution >= 4 is 5.91 Å². The monoisotopic (exact) mass is 109 g/mol.